The molecule has 1 aromatic carbocycles. The standard InChI is InChI=1S/C22H30N2O4S/c1-2-21(26)24-11-9-17(10-12-24)29(27,28)14-20(25)23-22-18-7-3-5-15(18)13-16-6-4-8-19(16)22/h13,17H,2-12,14H2,1H3,(H,23,25). The van der Waals surface area contributed by atoms with Gasteiger partial charge in [0.1, 0.15) is 5.75 Å². The van der Waals surface area contributed by atoms with E-state index in [4.69, 9.17) is 0 Å². The van der Waals surface area contributed by atoms with Crippen LogP contribution in [0.5, 0.6) is 0 Å². The number of sulfone groups is 1. The van der Waals surface area contributed by atoms with Crippen LogP contribution in [0.3, 0.4) is 0 Å². The number of piperidine rings is 1. The Labute approximate surface area is 173 Å². The van der Waals surface area contributed by atoms with E-state index in [1.54, 1.807) is 4.90 Å². The van der Waals surface area contributed by atoms with Gasteiger partial charge in [-0.1, -0.05) is 13.0 Å². The third kappa shape index (κ3) is 4.06. The minimum absolute atomic E-state index is 0.0605. The summed E-state index contributed by atoms with van der Waals surface area (Å²) in [5, 5.41) is 2.45. The molecule has 3 aliphatic rings. The van der Waals surface area contributed by atoms with Gasteiger partial charge >= 0.3 is 0 Å². The van der Waals surface area contributed by atoms with Crippen molar-refractivity contribution in [2.45, 2.75) is 70.0 Å². The van der Waals surface area contributed by atoms with Crippen molar-refractivity contribution in [2.75, 3.05) is 24.2 Å². The van der Waals surface area contributed by atoms with Gasteiger partial charge in [-0.2, -0.15) is 0 Å². The molecule has 1 N–H and O–H groups in total. The predicted octanol–water partition coefficient (Wildman–Crippen LogP) is 2.42. The molecule has 1 aromatic rings. The number of fused-ring (bicyclic) bond motifs is 2. The summed E-state index contributed by atoms with van der Waals surface area (Å²) in [4.78, 5) is 26.3. The van der Waals surface area contributed by atoms with E-state index in [9.17, 15) is 18.0 Å². The molecule has 2 aliphatic carbocycles. The van der Waals surface area contributed by atoms with Crippen molar-refractivity contribution >= 4 is 27.3 Å². The Morgan fingerprint density at radius 2 is 1.62 bits per heavy atom. The molecular weight excluding hydrogens is 388 g/mol. The van der Waals surface area contributed by atoms with Crippen LogP contribution in [0.15, 0.2) is 6.07 Å². The molecule has 6 nitrogen and oxygen atoms in total. The summed E-state index contributed by atoms with van der Waals surface area (Å²) in [6.07, 6.45) is 7.44. The van der Waals surface area contributed by atoms with Crippen LogP contribution in [0.25, 0.3) is 0 Å². The molecule has 7 heteroatoms. The van der Waals surface area contributed by atoms with Crippen LogP contribution in [-0.2, 0) is 45.1 Å². The summed E-state index contributed by atoms with van der Waals surface area (Å²) in [5.41, 5.74) is 5.95. The Bertz CT molecular complexity index is 898. The lowest BCUT2D eigenvalue weighted by Gasteiger charge is -2.31. The van der Waals surface area contributed by atoms with Crippen molar-refractivity contribution in [1.82, 2.24) is 4.90 Å². The fraction of sp³-hybridized carbons (Fsp3) is 0.636. The molecule has 158 valence electrons. The van der Waals surface area contributed by atoms with Crippen molar-refractivity contribution in [3.05, 3.63) is 28.3 Å². The average molecular weight is 419 g/mol. The van der Waals surface area contributed by atoms with E-state index >= 15 is 0 Å². The highest BCUT2D eigenvalue weighted by atomic mass is 32.2. The summed E-state index contributed by atoms with van der Waals surface area (Å²) in [5.74, 6) is -0.838. The minimum atomic E-state index is -3.54. The molecule has 1 fully saturated rings. The molecule has 0 saturated carbocycles. The summed E-state index contributed by atoms with van der Waals surface area (Å²) in [7, 11) is -3.54. The van der Waals surface area contributed by atoms with Crippen LogP contribution in [0.2, 0.25) is 0 Å². The highest BCUT2D eigenvalue weighted by Crippen LogP contribution is 2.38. The highest BCUT2D eigenvalue weighted by molar-refractivity contribution is 7.92. The number of carbonyl (C=O) groups is 2. The fourth-order valence-corrected chi connectivity index (χ4v) is 6.73. The Morgan fingerprint density at radius 1 is 1.03 bits per heavy atom. The monoisotopic (exact) mass is 418 g/mol. The number of carbonyl (C=O) groups excluding carboxylic acids is 2. The number of hydrogen-bond acceptors (Lipinski definition) is 4. The Morgan fingerprint density at radius 3 is 2.17 bits per heavy atom. The summed E-state index contributed by atoms with van der Waals surface area (Å²) < 4.78 is 25.7. The van der Waals surface area contributed by atoms with Gasteiger partial charge < -0.3 is 10.2 Å². The molecule has 0 atom stereocenters. The van der Waals surface area contributed by atoms with Gasteiger partial charge in [0.25, 0.3) is 0 Å². The van der Waals surface area contributed by atoms with Crippen LogP contribution in [0.4, 0.5) is 5.69 Å². The average Bonchev–Trinajstić information content (AvgIpc) is 3.36. The van der Waals surface area contributed by atoms with Crippen LogP contribution in [0.1, 0.15) is 61.3 Å². The lowest BCUT2D eigenvalue weighted by molar-refractivity contribution is -0.131. The molecule has 2 amide bonds. The van der Waals surface area contributed by atoms with Gasteiger partial charge in [-0.05, 0) is 73.6 Å². The first-order valence-electron chi connectivity index (χ1n) is 10.8. The van der Waals surface area contributed by atoms with E-state index in [0.717, 1.165) is 44.2 Å². The van der Waals surface area contributed by atoms with Crippen molar-refractivity contribution in [3.8, 4) is 0 Å². The Kier molecular flexibility index (Phi) is 5.69. The summed E-state index contributed by atoms with van der Waals surface area (Å²) in [6, 6.07) is 2.29. The van der Waals surface area contributed by atoms with Crippen LogP contribution in [-0.4, -0.2) is 49.2 Å². The normalized spacial score (nSPS) is 19.1. The lowest BCUT2D eigenvalue weighted by atomic mass is 9.98. The molecule has 0 unspecified atom stereocenters. The van der Waals surface area contributed by atoms with Gasteiger partial charge in [0.05, 0.1) is 5.25 Å². The first-order valence-corrected chi connectivity index (χ1v) is 12.6. The minimum Gasteiger partial charge on any atom is -0.343 e. The topological polar surface area (TPSA) is 83.6 Å². The van der Waals surface area contributed by atoms with E-state index in [1.807, 2.05) is 6.92 Å². The highest BCUT2D eigenvalue weighted by Gasteiger charge is 2.33. The molecule has 29 heavy (non-hydrogen) atoms. The first kappa shape index (κ1) is 20.4. The molecule has 0 radical (unpaired) electrons. The van der Waals surface area contributed by atoms with Gasteiger partial charge in [-0.15, -0.1) is 0 Å². The van der Waals surface area contributed by atoms with Gasteiger partial charge in [0, 0.05) is 25.2 Å². The second-order valence-corrected chi connectivity index (χ2v) is 10.8. The molecular formula is C22H30N2O4S. The summed E-state index contributed by atoms with van der Waals surface area (Å²) in [6.45, 7) is 2.72. The smallest absolute Gasteiger partial charge is 0.239 e. The first-order chi connectivity index (χ1) is 13.9. The van der Waals surface area contributed by atoms with Crippen LogP contribution < -0.4 is 5.32 Å². The number of nitrogens with one attached hydrogen (secondary N) is 1. The number of anilines is 1. The Hall–Kier alpha value is -1.89. The second-order valence-electron chi connectivity index (χ2n) is 8.52. The molecule has 1 heterocycles. The SMILES string of the molecule is CCC(=O)N1CCC(S(=O)(=O)CC(=O)Nc2c3c(cc4c2CCC4)CCC3)CC1. The van der Waals surface area contributed by atoms with E-state index in [2.05, 4.69) is 11.4 Å². The number of hydrogen-bond donors (Lipinski definition) is 1. The van der Waals surface area contributed by atoms with Crippen molar-refractivity contribution in [1.29, 1.82) is 0 Å². The maximum atomic E-state index is 12.8. The zero-order chi connectivity index (χ0) is 20.6. The van der Waals surface area contributed by atoms with Gasteiger partial charge in [-0.3, -0.25) is 9.59 Å². The van der Waals surface area contributed by atoms with Crippen molar-refractivity contribution < 1.29 is 18.0 Å². The van der Waals surface area contributed by atoms with E-state index < -0.39 is 26.7 Å². The maximum absolute atomic E-state index is 12.8. The van der Waals surface area contributed by atoms with E-state index in [1.165, 1.54) is 22.3 Å². The van der Waals surface area contributed by atoms with Crippen LogP contribution in [0, 0.1) is 0 Å². The van der Waals surface area contributed by atoms with Gasteiger partial charge in [0.15, 0.2) is 9.84 Å². The summed E-state index contributed by atoms with van der Waals surface area (Å²) >= 11 is 0. The third-order valence-electron chi connectivity index (χ3n) is 6.67. The quantitative estimate of drug-likeness (QED) is 0.796. The number of nitrogens with zero attached hydrogens (tertiary/aromatic N) is 1. The Balaban J connectivity index is 1.44. The molecule has 0 aromatic heterocycles. The lowest BCUT2D eigenvalue weighted by Crippen LogP contribution is -2.43. The van der Waals surface area contributed by atoms with E-state index in [0.29, 0.717) is 32.4 Å². The molecule has 1 aliphatic heterocycles. The largest absolute Gasteiger partial charge is 0.343 e. The molecule has 4 rings (SSSR count). The van der Waals surface area contributed by atoms with Crippen molar-refractivity contribution in [3.63, 3.8) is 0 Å². The number of amides is 2. The second kappa shape index (κ2) is 8.09. The molecule has 1 saturated heterocycles. The van der Waals surface area contributed by atoms with Crippen molar-refractivity contribution in [2.24, 2.45) is 0 Å². The zero-order valence-corrected chi connectivity index (χ0v) is 17.9. The predicted molar refractivity (Wildman–Crippen MR) is 113 cm³/mol. The zero-order valence-electron chi connectivity index (χ0n) is 17.1. The number of likely N-dealkylation sites (tertiary alicyclic amines) is 1. The fourth-order valence-electron chi connectivity index (χ4n) is 5.13. The number of aryl methyl sites for hydroxylation is 2. The van der Waals surface area contributed by atoms with Gasteiger partial charge in [0.2, 0.25) is 11.8 Å². The van der Waals surface area contributed by atoms with E-state index in [-0.39, 0.29) is 5.91 Å². The third-order valence-corrected chi connectivity index (χ3v) is 8.83. The number of rotatable bonds is 5. The maximum Gasteiger partial charge on any atom is 0.239 e. The molecule has 0 spiro atoms. The number of benzene rings is 1. The molecule has 0 bridgehead atoms. The van der Waals surface area contributed by atoms with Gasteiger partial charge in [-0.25, -0.2) is 8.42 Å². The van der Waals surface area contributed by atoms with Crippen LogP contribution >= 0.6 is 0 Å².